The molecular weight excluding hydrogens is 500 g/mol. The average molecular weight is 523 g/mol. The topological polar surface area (TPSA) is 60.7 Å². The van der Waals surface area contributed by atoms with Gasteiger partial charge in [-0.15, -0.1) is 11.3 Å². The molecule has 182 valence electrons. The Hall–Kier alpha value is -4.07. The molecule has 0 saturated heterocycles. The Bertz CT molecular complexity index is 1830. The monoisotopic (exact) mass is 522 g/mol. The van der Waals surface area contributed by atoms with Gasteiger partial charge in [0.2, 0.25) is 0 Å². The molecule has 3 heterocycles. The fraction of sp³-hybridized carbons (Fsp3) is 0.100. The van der Waals surface area contributed by atoms with E-state index in [-0.39, 0.29) is 12.2 Å². The van der Waals surface area contributed by atoms with Crippen molar-refractivity contribution in [2.75, 3.05) is 0 Å². The third-order valence-electron chi connectivity index (χ3n) is 6.38. The summed E-state index contributed by atoms with van der Waals surface area (Å²) >= 11 is 2.85. The van der Waals surface area contributed by atoms with Gasteiger partial charge in [-0.25, -0.2) is 9.79 Å². The molecule has 7 heteroatoms. The molecule has 0 spiro atoms. The Morgan fingerprint density at radius 1 is 1.00 bits per heavy atom. The standard InChI is InChI=1S/C30H22N2O3S2/c1-19-26(29(34)35-18-20-9-3-2-4-10-20)27(24-15-8-16-36-24)32-28(33)25(37-30(32)31-19)17-22-13-7-12-21-11-5-6-14-23(21)22/h2-17,27H,18H2,1H3/b25-17+/t27-/m0/s1. The van der Waals surface area contributed by atoms with Crippen LogP contribution in [0.5, 0.6) is 0 Å². The van der Waals surface area contributed by atoms with Crippen molar-refractivity contribution in [3.63, 3.8) is 0 Å². The number of esters is 1. The highest BCUT2D eigenvalue weighted by atomic mass is 32.1. The van der Waals surface area contributed by atoms with Gasteiger partial charge in [-0.1, -0.05) is 90.2 Å². The predicted molar refractivity (Wildman–Crippen MR) is 148 cm³/mol. The number of thiazole rings is 1. The normalized spacial score (nSPS) is 15.5. The SMILES string of the molecule is CC1=C(C(=O)OCc2ccccc2)[C@H](c2cccs2)n2c(s/c(=C/c3cccc4ccccc34)c2=O)=N1. The molecule has 1 aliphatic heterocycles. The summed E-state index contributed by atoms with van der Waals surface area (Å²) in [5.41, 5.74) is 2.65. The first-order valence-electron chi connectivity index (χ1n) is 11.8. The van der Waals surface area contributed by atoms with E-state index >= 15 is 0 Å². The number of fused-ring (bicyclic) bond motifs is 2. The zero-order valence-electron chi connectivity index (χ0n) is 20.0. The van der Waals surface area contributed by atoms with Crippen LogP contribution in [0.2, 0.25) is 0 Å². The van der Waals surface area contributed by atoms with Gasteiger partial charge in [-0.3, -0.25) is 9.36 Å². The van der Waals surface area contributed by atoms with Gasteiger partial charge in [0, 0.05) is 4.88 Å². The minimum absolute atomic E-state index is 0.152. The molecule has 1 atom stereocenters. The van der Waals surface area contributed by atoms with Crippen molar-refractivity contribution >= 4 is 45.5 Å². The van der Waals surface area contributed by atoms with Crippen LogP contribution in [0.1, 0.15) is 29.0 Å². The number of ether oxygens (including phenoxy) is 1. The van der Waals surface area contributed by atoms with E-state index in [1.165, 1.54) is 22.7 Å². The van der Waals surface area contributed by atoms with Crippen LogP contribution in [0.15, 0.2) is 111 Å². The van der Waals surface area contributed by atoms with Crippen LogP contribution in [0.3, 0.4) is 0 Å². The quantitative estimate of drug-likeness (QED) is 0.299. The lowest BCUT2D eigenvalue weighted by atomic mass is 10.0. The Balaban J connectivity index is 1.46. The lowest BCUT2D eigenvalue weighted by Crippen LogP contribution is -2.39. The van der Waals surface area contributed by atoms with E-state index in [2.05, 4.69) is 18.2 Å². The molecule has 0 aliphatic carbocycles. The highest BCUT2D eigenvalue weighted by Gasteiger charge is 2.34. The van der Waals surface area contributed by atoms with Gasteiger partial charge in [0.15, 0.2) is 4.80 Å². The average Bonchev–Trinajstić information content (AvgIpc) is 3.56. The summed E-state index contributed by atoms with van der Waals surface area (Å²) in [5.74, 6) is -0.466. The molecule has 6 rings (SSSR count). The number of rotatable bonds is 5. The molecule has 0 amide bonds. The van der Waals surface area contributed by atoms with Crippen molar-refractivity contribution < 1.29 is 9.53 Å². The van der Waals surface area contributed by atoms with Gasteiger partial charge < -0.3 is 4.74 Å². The molecule has 0 N–H and O–H groups in total. The maximum Gasteiger partial charge on any atom is 0.338 e. The van der Waals surface area contributed by atoms with E-state index in [1.54, 1.807) is 4.57 Å². The fourth-order valence-electron chi connectivity index (χ4n) is 4.62. The van der Waals surface area contributed by atoms with Crippen LogP contribution in [-0.2, 0) is 16.1 Å². The molecule has 2 aromatic heterocycles. The number of benzene rings is 3. The molecule has 37 heavy (non-hydrogen) atoms. The maximum atomic E-state index is 13.8. The third-order valence-corrected chi connectivity index (χ3v) is 8.28. The summed E-state index contributed by atoms with van der Waals surface area (Å²) < 4.78 is 7.91. The van der Waals surface area contributed by atoms with E-state index < -0.39 is 12.0 Å². The lowest BCUT2D eigenvalue weighted by Gasteiger charge is -2.23. The molecule has 0 fully saturated rings. The zero-order valence-corrected chi connectivity index (χ0v) is 21.6. The summed E-state index contributed by atoms with van der Waals surface area (Å²) in [4.78, 5) is 33.4. The van der Waals surface area contributed by atoms with Crippen LogP contribution in [0.4, 0.5) is 0 Å². The fourth-order valence-corrected chi connectivity index (χ4v) is 6.48. The van der Waals surface area contributed by atoms with Gasteiger partial charge in [-0.2, -0.15) is 0 Å². The zero-order chi connectivity index (χ0) is 25.4. The first kappa shape index (κ1) is 23.3. The van der Waals surface area contributed by atoms with E-state index in [9.17, 15) is 9.59 Å². The highest BCUT2D eigenvalue weighted by molar-refractivity contribution is 7.10. The molecule has 3 aromatic carbocycles. The number of hydrogen-bond donors (Lipinski definition) is 0. The smallest absolute Gasteiger partial charge is 0.338 e. The Morgan fingerprint density at radius 3 is 2.59 bits per heavy atom. The second-order valence-corrected chi connectivity index (χ2v) is 10.7. The van der Waals surface area contributed by atoms with Gasteiger partial charge in [0.05, 0.1) is 15.8 Å². The second-order valence-electron chi connectivity index (χ2n) is 8.73. The Kier molecular flexibility index (Phi) is 6.16. The van der Waals surface area contributed by atoms with Gasteiger partial charge >= 0.3 is 5.97 Å². The highest BCUT2D eigenvalue weighted by Crippen LogP contribution is 2.33. The molecule has 0 saturated carbocycles. The molecule has 1 aliphatic rings. The van der Waals surface area contributed by atoms with Crippen molar-refractivity contribution in [3.8, 4) is 0 Å². The van der Waals surface area contributed by atoms with Crippen molar-refractivity contribution in [1.82, 2.24) is 4.57 Å². The van der Waals surface area contributed by atoms with Crippen molar-refractivity contribution in [2.24, 2.45) is 4.99 Å². The van der Waals surface area contributed by atoms with E-state index in [0.717, 1.165) is 26.8 Å². The minimum Gasteiger partial charge on any atom is -0.457 e. The number of hydrogen-bond acceptors (Lipinski definition) is 6. The number of aromatic nitrogens is 1. The number of carbonyl (C=O) groups is 1. The van der Waals surface area contributed by atoms with Gasteiger partial charge in [0.25, 0.3) is 5.56 Å². The minimum atomic E-state index is -0.589. The summed E-state index contributed by atoms with van der Waals surface area (Å²) in [6.45, 7) is 1.96. The largest absolute Gasteiger partial charge is 0.457 e. The number of allylic oxidation sites excluding steroid dienone is 1. The Labute approximate surface area is 220 Å². The molecule has 5 aromatic rings. The molecule has 0 bridgehead atoms. The third kappa shape index (κ3) is 4.37. The summed E-state index contributed by atoms with van der Waals surface area (Å²) in [6, 6.07) is 27.0. The summed E-state index contributed by atoms with van der Waals surface area (Å²) in [6.07, 6.45) is 1.92. The van der Waals surface area contributed by atoms with E-state index in [4.69, 9.17) is 9.73 Å². The van der Waals surface area contributed by atoms with Gasteiger partial charge in [-0.05, 0) is 46.3 Å². The first-order chi connectivity index (χ1) is 18.1. The lowest BCUT2D eigenvalue weighted by molar-refractivity contribution is -0.140. The van der Waals surface area contributed by atoms with Crippen molar-refractivity contribution in [2.45, 2.75) is 19.6 Å². The molecular formula is C30H22N2O3S2. The number of carbonyl (C=O) groups excluding carboxylic acids is 1. The van der Waals surface area contributed by atoms with Crippen molar-refractivity contribution in [1.29, 1.82) is 0 Å². The van der Waals surface area contributed by atoms with Crippen LogP contribution >= 0.6 is 22.7 Å². The second kappa shape index (κ2) is 9.76. The van der Waals surface area contributed by atoms with E-state index in [0.29, 0.717) is 20.6 Å². The van der Waals surface area contributed by atoms with Crippen LogP contribution in [0, 0.1) is 0 Å². The number of nitrogens with zero attached hydrogens (tertiary/aromatic N) is 2. The molecule has 5 nitrogen and oxygen atoms in total. The Morgan fingerprint density at radius 2 is 1.78 bits per heavy atom. The predicted octanol–water partition coefficient (Wildman–Crippen LogP) is 5.19. The van der Waals surface area contributed by atoms with Crippen LogP contribution < -0.4 is 14.9 Å². The van der Waals surface area contributed by atoms with E-state index in [1.807, 2.05) is 85.1 Å². The van der Waals surface area contributed by atoms with Crippen LogP contribution in [0.25, 0.3) is 16.8 Å². The van der Waals surface area contributed by atoms with Crippen LogP contribution in [-0.4, -0.2) is 10.5 Å². The van der Waals surface area contributed by atoms with Gasteiger partial charge in [0.1, 0.15) is 12.6 Å². The molecule has 0 unspecified atom stereocenters. The molecule has 0 radical (unpaired) electrons. The maximum absolute atomic E-state index is 13.8. The number of thiophene rings is 1. The first-order valence-corrected chi connectivity index (χ1v) is 13.5. The van der Waals surface area contributed by atoms with Crippen molar-refractivity contribution in [3.05, 3.63) is 137 Å². The summed E-state index contributed by atoms with van der Waals surface area (Å²) in [5, 5.41) is 4.13. The summed E-state index contributed by atoms with van der Waals surface area (Å²) in [7, 11) is 0.